The molecule has 1 aliphatic heterocycles. The average molecular weight is 343 g/mol. The topological polar surface area (TPSA) is 64.6 Å². The summed E-state index contributed by atoms with van der Waals surface area (Å²) in [4.78, 5) is 24.1. The molecule has 0 bridgehead atoms. The van der Waals surface area contributed by atoms with Crippen LogP contribution in [0.5, 0.6) is 11.5 Å². The molecule has 5 nitrogen and oxygen atoms in total. The van der Waals surface area contributed by atoms with E-state index in [1.807, 2.05) is 19.1 Å². The molecule has 6 heteroatoms. The van der Waals surface area contributed by atoms with Gasteiger partial charge >= 0.3 is 0 Å². The number of nitrogens with one attached hydrogen (secondary N) is 1. The third-order valence-corrected chi connectivity index (χ3v) is 4.02. The zero-order valence-electron chi connectivity index (χ0n) is 13.8. The summed E-state index contributed by atoms with van der Waals surface area (Å²) in [6, 6.07) is 10.6. The van der Waals surface area contributed by atoms with Gasteiger partial charge in [0.1, 0.15) is 5.82 Å². The lowest BCUT2D eigenvalue weighted by molar-refractivity contribution is -0.121. The van der Waals surface area contributed by atoms with Gasteiger partial charge in [0, 0.05) is 18.4 Å². The summed E-state index contributed by atoms with van der Waals surface area (Å²) in [5.74, 6) is 0.538. The van der Waals surface area contributed by atoms with E-state index in [1.165, 1.54) is 24.3 Å². The number of ketones is 1. The fraction of sp³-hybridized carbons (Fsp3) is 0.263. The number of halogens is 1. The van der Waals surface area contributed by atoms with Crippen molar-refractivity contribution in [3.63, 3.8) is 0 Å². The summed E-state index contributed by atoms with van der Waals surface area (Å²) in [5, 5.41) is 2.86. The molecule has 3 rings (SSSR count). The van der Waals surface area contributed by atoms with Crippen LogP contribution in [0.2, 0.25) is 0 Å². The number of Topliss-reactive ketones (excluding diaryl/α,β-unsaturated/α-hetero) is 1. The first-order valence-electron chi connectivity index (χ1n) is 8.00. The summed E-state index contributed by atoms with van der Waals surface area (Å²) in [6.07, 6.45) is 0.149. The van der Waals surface area contributed by atoms with E-state index in [2.05, 4.69) is 5.32 Å². The van der Waals surface area contributed by atoms with Gasteiger partial charge in [0.2, 0.25) is 12.7 Å². The highest BCUT2D eigenvalue weighted by Gasteiger charge is 2.17. The SMILES string of the molecule is C[C@H](NC(=O)CCC(=O)c1ccc(F)cc1)c1ccc2c(c1)OCO2. The molecule has 0 spiro atoms. The molecule has 0 saturated carbocycles. The highest BCUT2D eigenvalue weighted by Crippen LogP contribution is 2.34. The summed E-state index contributed by atoms with van der Waals surface area (Å²) < 4.78 is 23.4. The van der Waals surface area contributed by atoms with Crippen LogP contribution in [-0.2, 0) is 4.79 Å². The summed E-state index contributed by atoms with van der Waals surface area (Å²) in [7, 11) is 0. The van der Waals surface area contributed by atoms with Crippen molar-refractivity contribution in [2.45, 2.75) is 25.8 Å². The first kappa shape index (κ1) is 17.0. The zero-order chi connectivity index (χ0) is 17.8. The van der Waals surface area contributed by atoms with Crippen LogP contribution in [0.15, 0.2) is 42.5 Å². The molecule has 2 aromatic carbocycles. The number of hydrogen-bond donors (Lipinski definition) is 1. The monoisotopic (exact) mass is 343 g/mol. The van der Waals surface area contributed by atoms with Crippen LogP contribution in [0, 0.1) is 5.82 Å². The highest BCUT2D eigenvalue weighted by molar-refractivity contribution is 5.97. The van der Waals surface area contributed by atoms with Gasteiger partial charge in [-0.1, -0.05) is 6.07 Å². The smallest absolute Gasteiger partial charge is 0.231 e. The Morgan fingerprint density at radius 1 is 1.08 bits per heavy atom. The third kappa shape index (κ3) is 4.15. The van der Waals surface area contributed by atoms with Gasteiger partial charge in [0.15, 0.2) is 17.3 Å². The largest absolute Gasteiger partial charge is 0.454 e. The number of benzene rings is 2. The molecule has 1 aliphatic rings. The Morgan fingerprint density at radius 3 is 2.56 bits per heavy atom. The van der Waals surface area contributed by atoms with E-state index >= 15 is 0 Å². The lowest BCUT2D eigenvalue weighted by Gasteiger charge is -2.14. The summed E-state index contributed by atoms with van der Waals surface area (Å²) in [6.45, 7) is 2.06. The van der Waals surface area contributed by atoms with Crippen molar-refractivity contribution in [2.75, 3.05) is 6.79 Å². The number of amides is 1. The molecule has 1 heterocycles. The zero-order valence-corrected chi connectivity index (χ0v) is 13.8. The van der Waals surface area contributed by atoms with Crippen LogP contribution in [0.1, 0.15) is 41.7 Å². The van der Waals surface area contributed by atoms with Gasteiger partial charge in [-0.15, -0.1) is 0 Å². The van der Waals surface area contributed by atoms with Crippen molar-refractivity contribution in [1.29, 1.82) is 0 Å². The van der Waals surface area contributed by atoms with Crippen molar-refractivity contribution in [3.05, 3.63) is 59.4 Å². The second-order valence-corrected chi connectivity index (χ2v) is 5.83. The fourth-order valence-electron chi connectivity index (χ4n) is 2.59. The Morgan fingerprint density at radius 2 is 1.80 bits per heavy atom. The lowest BCUT2D eigenvalue weighted by Crippen LogP contribution is -2.26. The molecule has 1 atom stereocenters. The molecular weight excluding hydrogens is 325 g/mol. The number of ether oxygens (including phenoxy) is 2. The Bertz CT molecular complexity index is 789. The summed E-state index contributed by atoms with van der Waals surface area (Å²) >= 11 is 0. The standard InChI is InChI=1S/C19H18FNO4/c1-12(14-4-8-17-18(10-14)25-11-24-17)21-19(23)9-7-16(22)13-2-5-15(20)6-3-13/h2-6,8,10,12H,7,9,11H2,1H3,(H,21,23)/t12-/m0/s1. The van der Waals surface area contributed by atoms with Crippen LogP contribution in [0.4, 0.5) is 4.39 Å². The molecule has 0 saturated heterocycles. The molecule has 1 amide bonds. The maximum absolute atomic E-state index is 12.9. The number of carbonyl (C=O) groups excluding carboxylic acids is 2. The molecule has 1 N–H and O–H groups in total. The van der Waals surface area contributed by atoms with Crippen molar-refractivity contribution in [2.24, 2.45) is 0 Å². The predicted molar refractivity (Wildman–Crippen MR) is 89.1 cm³/mol. The van der Waals surface area contributed by atoms with Gasteiger partial charge in [-0.25, -0.2) is 4.39 Å². The van der Waals surface area contributed by atoms with E-state index in [0.717, 1.165) is 5.56 Å². The van der Waals surface area contributed by atoms with E-state index in [0.29, 0.717) is 17.1 Å². The van der Waals surface area contributed by atoms with Crippen LogP contribution >= 0.6 is 0 Å². The molecular formula is C19H18FNO4. The van der Waals surface area contributed by atoms with Gasteiger partial charge in [-0.2, -0.15) is 0 Å². The summed E-state index contributed by atoms with van der Waals surface area (Å²) in [5.41, 5.74) is 1.29. The minimum atomic E-state index is -0.396. The van der Waals surface area contributed by atoms with E-state index in [-0.39, 0.29) is 37.4 Å². The van der Waals surface area contributed by atoms with Gasteiger partial charge in [-0.05, 0) is 48.9 Å². The molecule has 25 heavy (non-hydrogen) atoms. The average Bonchev–Trinajstić information content (AvgIpc) is 3.08. The van der Waals surface area contributed by atoms with Crippen LogP contribution in [0.25, 0.3) is 0 Å². The van der Waals surface area contributed by atoms with Crippen molar-refractivity contribution < 1.29 is 23.5 Å². The molecule has 0 radical (unpaired) electrons. The van der Waals surface area contributed by atoms with Gasteiger partial charge in [0.05, 0.1) is 6.04 Å². The maximum Gasteiger partial charge on any atom is 0.231 e. The second-order valence-electron chi connectivity index (χ2n) is 5.83. The fourth-order valence-corrected chi connectivity index (χ4v) is 2.59. The minimum Gasteiger partial charge on any atom is -0.454 e. The number of fused-ring (bicyclic) bond motifs is 1. The van der Waals surface area contributed by atoms with Crippen molar-refractivity contribution in [1.82, 2.24) is 5.32 Å². The Balaban J connectivity index is 1.52. The van der Waals surface area contributed by atoms with E-state index in [9.17, 15) is 14.0 Å². The lowest BCUT2D eigenvalue weighted by atomic mass is 10.1. The van der Waals surface area contributed by atoms with Gasteiger partial charge < -0.3 is 14.8 Å². The predicted octanol–water partition coefficient (Wildman–Crippen LogP) is 3.39. The number of carbonyl (C=O) groups is 2. The van der Waals surface area contributed by atoms with Crippen molar-refractivity contribution >= 4 is 11.7 Å². The van der Waals surface area contributed by atoms with Crippen LogP contribution < -0.4 is 14.8 Å². The van der Waals surface area contributed by atoms with E-state index in [4.69, 9.17) is 9.47 Å². The first-order chi connectivity index (χ1) is 12.0. The first-order valence-corrected chi connectivity index (χ1v) is 8.00. The van der Waals surface area contributed by atoms with Gasteiger partial charge in [0.25, 0.3) is 0 Å². The Kier molecular flexibility index (Phi) is 4.97. The Hall–Kier alpha value is -2.89. The van der Waals surface area contributed by atoms with Crippen LogP contribution in [0.3, 0.4) is 0 Å². The Labute approximate surface area is 144 Å². The molecule has 0 aromatic heterocycles. The van der Waals surface area contributed by atoms with Crippen LogP contribution in [-0.4, -0.2) is 18.5 Å². The highest BCUT2D eigenvalue weighted by atomic mass is 19.1. The van der Waals surface area contributed by atoms with E-state index in [1.54, 1.807) is 6.07 Å². The van der Waals surface area contributed by atoms with E-state index < -0.39 is 5.82 Å². The molecule has 130 valence electrons. The number of rotatable bonds is 6. The molecule has 0 unspecified atom stereocenters. The molecule has 0 aliphatic carbocycles. The number of hydrogen-bond acceptors (Lipinski definition) is 4. The normalized spacial score (nSPS) is 13.4. The third-order valence-electron chi connectivity index (χ3n) is 4.02. The molecule has 0 fully saturated rings. The second kappa shape index (κ2) is 7.34. The maximum atomic E-state index is 12.9. The quantitative estimate of drug-likeness (QED) is 0.817. The molecule has 2 aromatic rings. The van der Waals surface area contributed by atoms with Gasteiger partial charge in [-0.3, -0.25) is 9.59 Å². The minimum absolute atomic E-state index is 0.0745. The van der Waals surface area contributed by atoms with Crippen molar-refractivity contribution in [3.8, 4) is 11.5 Å².